The molecule has 0 radical (unpaired) electrons. The zero-order valence-electron chi connectivity index (χ0n) is 14.1. The molecule has 8 heteroatoms. The van der Waals surface area contributed by atoms with Crippen molar-refractivity contribution in [3.63, 3.8) is 0 Å². The normalized spacial score (nSPS) is 10.7. The number of aromatic amines is 1. The fourth-order valence-corrected chi connectivity index (χ4v) is 2.57. The third-order valence-electron chi connectivity index (χ3n) is 3.77. The highest BCUT2D eigenvalue weighted by Crippen LogP contribution is 2.23. The lowest BCUT2D eigenvalue weighted by molar-refractivity contribution is -0.115. The highest BCUT2D eigenvalue weighted by Gasteiger charge is 2.10. The molecule has 0 atom stereocenters. The quantitative estimate of drug-likeness (QED) is 0.504. The smallest absolute Gasteiger partial charge is 0.300 e. The van der Waals surface area contributed by atoms with Crippen molar-refractivity contribution in [1.29, 1.82) is 0 Å². The van der Waals surface area contributed by atoms with Gasteiger partial charge >= 0.3 is 0 Å². The molecule has 134 valence electrons. The third kappa shape index (κ3) is 4.01. The Morgan fingerprint density at radius 3 is 2.78 bits per heavy atom. The van der Waals surface area contributed by atoms with Gasteiger partial charge in [-0.25, -0.2) is 4.98 Å². The maximum Gasteiger partial charge on any atom is 0.300 e. The fraction of sp³-hybridized carbons (Fsp3) is 0.0526. The largest absolute Gasteiger partial charge is 0.423 e. The summed E-state index contributed by atoms with van der Waals surface area (Å²) in [7, 11) is 0. The van der Waals surface area contributed by atoms with Crippen molar-refractivity contribution in [2.45, 2.75) is 6.42 Å². The van der Waals surface area contributed by atoms with Crippen molar-refractivity contribution >= 4 is 34.7 Å². The molecule has 4 rings (SSSR count). The number of aromatic nitrogens is 3. The summed E-state index contributed by atoms with van der Waals surface area (Å²) in [5.41, 5.74) is 2.55. The molecule has 2 heterocycles. The van der Waals surface area contributed by atoms with Gasteiger partial charge in [0.15, 0.2) is 5.58 Å². The average molecular weight is 361 g/mol. The van der Waals surface area contributed by atoms with Crippen LogP contribution in [0.2, 0.25) is 0 Å². The van der Waals surface area contributed by atoms with Crippen LogP contribution in [-0.2, 0) is 11.2 Å². The number of para-hydroxylation sites is 1. The zero-order chi connectivity index (χ0) is 18.6. The van der Waals surface area contributed by atoms with Gasteiger partial charge in [0, 0.05) is 18.0 Å². The van der Waals surface area contributed by atoms with E-state index < -0.39 is 0 Å². The molecule has 0 fully saturated rings. The van der Waals surface area contributed by atoms with E-state index in [1.54, 1.807) is 18.2 Å². The van der Waals surface area contributed by atoms with Crippen molar-refractivity contribution in [3.8, 4) is 0 Å². The number of fused-ring (bicyclic) bond motifs is 1. The van der Waals surface area contributed by atoms with Gasteiger partial charge in [-0.3, -0.25) is 19.9 Å². The molecule has 2 aromatic carbocycles. The van der Waals surface area contributed by atoms with Crippen molar-refractivity contribution in [1.82, 2.24) is 15.0 Å². The number of carbonyl (C=O) groups is 1. The molecule has 27 heavy (non-hydrogen) atoms. The fourth-order valence-electron chi connectivity index (χ4n) is 2.57. The van der Waals surface area contributed by atoms with Gasteiger partial charge in [-0.2, -0.15) is 4.98 Å². The Balaban J connectivity index is 1.48. The molecule has 0 aliphatic heterocycles. The first-order valence-corrected chi connectivity index (χ1v) is 8.22. The first-order chi connectivity index (χ1) is 13.2. The molecule has 0 unspecified atom stereocenters. The molecule has 0 saturated carbocycles. The average Bonchev–Trinajstić information content (AvgIpc) is 3.04. The SMILES string of the molecule is O=C(Cc1ccc2nc(Nc3ccccc3)oc2c1)Nc1nccc(=O)[nH]1. The van der Waals surface area contributed by atoms with E-state index in [4.69, 9.17) is 4.42 Å². The van der Waals surface area contributed by atoms with E-state index in [-0.39, 0.29) is 23.8 Å². The molecule has 2 aromatic heterocycles. The van der Waals surface area contributed by atoms with Crippen LogP contribution in [0.15, 0.2) is 70.0 Å². The van der Waals surface area contributed by atoms with Crippen molar-refractivity contribution < 1.29 is 9.21 Å². The molecule has 0 aliphatic carbocycles. The minimum absolute atomic E-state index is 0.108. The number of anilines is 3. The number of oxazole rings is 1. The highest BCUT2D eigenvalue weighted by molar-refractivity contribution is 5.91. The molecule has 0 spiro atoms. The monoisotopic (exact) mass is 361 g/mol. The van der Waals surface area contributed by atoms with Crippen LogP contribution in [0.1, 0.15) is 5.56 Å². The molecule has 0 saturated heterocycles. The molecule has 4 aromatic rings. The molecule has 8 nitrogen and oxygen atoms in total. The number of carbonyl (C=O) groups excluding carboxylic acids is 1. The van der Waals surface area contributed by atoms with Gasteiger partial charge in [0.25, 0.3) is 11.6 Å². The lowest BCUT2D eigenvalue weighted by Gasteiger charge is -2.03. The predicted octanol–water partition coefficient (Wildman–Crippen LogP) is 2.84. The second-order valence-electron chi connectivity index (χ2n) is 5.82. The molecule has 0 aliphatic rings. The molecule has 1 amide bonds. The van der Waals surface area contributed by atoms with Crippen LogP contribution in [0.25, 0.3) is 11.1 Å². The summed E-state index contributed by atoms with van der Waals surface area (Å²) in [6.07, 6.45) is 1.44. The van der Waals surface area contributed by atoms with Crippen LogP contribution in [0.3, 0.4) is 0 Å². The van der Waals surface area contributed by atoms with E-state index in [0.717, 1.165) is 11.3 Å². The maximum atomic E-state index is 12.1. The van der Waals surface area contributed by atoms with E-state index in [0.29, 0.717) is 17.1 Å². The van der Waals surface area contributed by atoms with Gasteiger partial charge in [0.1, 0.15) is 5.52 Å². The maximum absolute atomic E-state index is 12.1. The molecule has 0 bridgehead atoms. The number of H-pyrrole nitrogens is 1. The number of nitrogens with zero attached hydrogens (tertiary/aromatic N) is 2. The Morgan fingerprint density at radius 2 is 1.96 bits per heavy atom. The van der Waals surface area contributed by atoms with Gasteiger partial charge in [-0.05, 0) is 29.8 Å². The van der Waals surface area contributed by atoms with E-state index in [9.17, 15) is 9.59 Å². The summed E-state index contributed by atoms with van der Waals surface area (Å²) >= 11 is 0. The summed E-state index contributed by atoms with van der Waals surface area (Å²) in [6, 6.07) is 16.6. The van der Waals surface area contributed by atoms with Crippen molar-refractivity contribution in [2.75, 3.05) is 10.6 Å². The Morgan fingerprint density at radius 1 is 1.11 bits per heavy atom. The lowest BCUT2D eigenvalue weighted by atomic mass is 10.1. The first-order valence-electron chi connectivity index (χ1n) is 8.22. The van der Waals surface area contributed by atoms with Gasteiger partial charge in [-0.15, -0.1) is 0 Å². The van der Waals surface area contributed by atoms with E-state index >= 15 is 0 Å². The summed E-state index contributed by atoms with van der Waals surface area (Å²) in [6.45, 7) is 0. The van der Waals surface area contributed by atoms with Crippen LogP contribution in [0.5, 0.6) is 0 Å². The molecular weight excluding hydrogens is 346 g/mol. The van der Waals surface area contributed by atoms with Gasteiger partial charge < -0.3 is 9.73 Å². The molecular formula is C19H15N5O3. The summed E-state index contributed by atoms with van der Waals surface area (Å²) < 4.78 is 5.71. The summed E-state index contributed by atoms with van der Waals surface area (Å²) in [5.74, 6) is -0.187. The minimum atomic E-state index is -0.332. The van der Waals surface area contributed by atoms with E-state index in [1.165, 1.54) is 12.3 Å². The Hall–Kier alpha value is -3.94. The van der Waals surface area contributed by atoms with Crippen molar-refractivity contribution in [3.05, 3.63) is 76.7 Å². The Bertz CT molecular complexity index is 1150. The van der Waals surface area contributed by atoms with E-state index in [2.05, 4.69) is 25.6 Å². The number of rotatable bonds is 5. The second kappa shape index (κ2) is 7.12. The standard InChI is InChI=1S/C19H15N5O3/c25-16-8-9-20-18(23-16)24-17(26)11-12-6-7-14-15(10-12)27-19(22-14)21-13-4-2-1-3-5-13/h1-10H,11H2,(H,21,22)(H2,20,23,24,25,26). The number of nitrogens with one attached hydrogen (secondary N) is 3. The van der Waals surface area contributed by atoms with Gasteiger partial charge in [0.2, 0.25) is 11.9 Å². The highest BCUT2D eigenvalue weighted by atomic mass is 16.4. The number of hydrogen-bond acceptors (Lipinski definition) is 6. The number of amides is 1. The van der Waals surface area contributed by atoms with Crippen LogP contribution in [0, 0.1) is 0 Å². The van der Waals surface area contributed by atoms with Crippen LogP contribution < -0.4 is 16.2 Å². The van der Waals surface area contributed by atoms with Crippen LogP contribution in [-0.4, -0.2) is 20.9 Å². The molecule has 3 N–H and O–H groups in total. The number of benzene rings is 2. The predicted molar refractivity (Wildman–Crippen MR) is 101 cm³/mol. The Kier molecular flexibility index (Phi) is 4.36. The van der Waals surface area contributed by atoms with Gasteiger partial charge in [-0.1, -0.05) is 24.3 Å². The Labute approximate surface area is 153 Å². The minimum Gasteiger partial charge on any atom is -0.423 e. The first kappa shape index (κ1) is 16.5. The summed E-state index contributed by atoms with van der Waals surface area (Å²) in [4.78, 5) is 34.1. The van der Waals surface area contributed by atoms with E-state index in [1.807, 2.05) is 30.3 Å². The van der Waals surface area contributed by atoms with Crippen molar-refractivity contribution in [2.24, 2.45) is 0 Å². The van der Waals surface area contributed by atoms with Gasteiger partial charge in [0.05, 0.1) is 6.42 Å². The van der Waals surface area contributed by atoms with Crippen LogP contribution >= 0.6 is 0 Å². The zero-order valence-corrected chi connectivity index (χ0v) is 14.1. The number of hydrogen-bond donors (Lipinski definition) is 3. The summed E-state index contributed by atoms with van der Waals surface area (Å²) in [5, 5.41) is 5.65. The second-order valence-corrected chi connectivity index (χ2v) is 5.82. The van der Waals surface area contributed by atoms with Crippen LogP contribution in [0.4, 0.5) is 17.7 Å². The lowest BCUT2D eigenvalue weighted by Crippen LogP contribution is -2.19. The topological polar surface area (TPSA) is 113 Å². The third-order valence-corrected chi connectivity index (χ3v) is 3.77.